The first-order valence-corrected chi connectivity index (χ1v) is 9.91. The van der Waals surface area contributed by atoms with Crippen molar-refractivity contribution in [2.75, 3.05) is 14.1 Å². The van der Waals surface area contributed by atoms with Gasteiger partial charge in [0, 0.05) is 19.6 Å². The van der Waals surface area contributed by atoms with Crippen molar-refractivity contribution < 1.29 is 8.42 Å². The first kappa shape index (κ1) is 20.4. The molecule has 0 bridgehead atoms. The lowest BCUT2D eigenvalue weighted by Crippen LogP contribution is -2.41. The third kappa shape index (κ3) is 6.88. The number of aliphatic imine (C=N–C) groups is 1. The minimum Gasteiger partial charge on any atom is -0.354 e. The Kier molecular flexibility index (Phi) is 8.78. The van der Waals surface area contributed by atoms with Gasteiger partial charge in [0.05, 0.1) is 4.90 Å². The highest BCUT2D eigenvalue weighted by Crippen LogP contribution is 2.11. The molecule has 0 aromatic heterocycles. The first-order chi connectivity index (χ1) is 11.4. The van der Waals surface area contributed by atoms with Crippen LogP contribution >= 0.6 is 0 Å². The van der Waals surface area contributed by atoms with E-state index in [4.69, 9.17) is 0 Å². The monoisotopic (exact) mass is 354 g/mol. The highest BCUT2D eigenvalue weighted by molar-refractivity contribution is 7.89. The number of hydrogen-bond donors (Lipinski definition) is 3. The molecule has 0 amide bonds. The molecule has 3 N–H and O–H groups in total. The zero-order valence-electron chi connectivity index (χ0n) is 15.1. The zero-order chi connectivity index (χ0) is 18.0. The van der Waals surface area contributed by atoms with Gasteiger partial charge >= 0.3 is 0 Å². The van der Waals surface area contributed by atoms with E-state index in [0.717, 1.165) is 17.9 Å². The standard InChI is InChI=1S/C17H30N4O2S/c1-5-6-7-9-14(2)21-17(18-3)20-13-15-10-8-11-16(12-15)24(22,23)19-4/h8,10-12,14,19H,5-7,9,13H2,1-4H3,(H2,18,20,21). The van der Waals surface area contributed by atoms with Gasteiger partial charge in [-0.1, -0.05) is 38.3 Å². The molecule has 24 heavy (non-hydrogen) atoms. The van der Waals surface area contributed by atoms with E-state index in [-0.39, 0.29) is 4.90 Å². The highest BCUT2D eigenvalue weighted by Gasteiger charge is 2.11. The lowest BCUT2D eigenvalue weighted by atomic mass is 10.1. The van der Waals surface area contributed by atoms with Crippen LogP contribution in [-0.4, -0.2) is 34.5 Å². The van der Waals surface area contributed by atoms with E-state index < -0.39 is 10.0 Å². The van der Waals surface area contributed by atoms with Crippen LogP contribution < -0.4 is 15.4 Å². The molecule has 6 nitrogen and oxygen atoms in total. The van der Waals surface area contributed by atoms with E-state index >= 15 is 0 Å². The Bertz CT molecular complexity index is 629. The Balaban J connectivity index is 2.59. The number of unbranched alkanes of at least 4 members (excludes halogenated alkanes) is 2. The summed E-state index contributed by atoms with van der Waals surface area (Å²) >= 11 is 0. The molecule has 0 aliphatic heterocycles. The predicted octanol–water partition coefficient (Wildman–Crippen LogP) is 2.23. The highest BCUT2D eigenvalue weighted by atomic mass is 32.2. The third-order valence-corrected chi connectivity index (χ3v) is 5.20. The third-order valence-electron chi connectivity index (χ3n) is 3.78. The number of guanidine groups is 1. The molecule has 0 radical (unpaired) electrons. The lowest BCUT2D eigenvalue weighted by molar-refractivity contribution is 0.546. The van der Waals surface area contributed by atoms with Gasteiger partial charge in [-0.15, -0.1) is 0 Å². The van der Waals surface area contributed by atoms with Crippen LogP contribution in [-0.2, 0) is 16.6 Å². The summed E-state index contributed by atoms with van der Waals surface area (Å²) in [5, 5.41) is 6.59. The van der Waals surface area contributed by atoms with Crippen LogP contribution in [0.4, 0.5) is 0 Å². The summed E-state index contributed by atoms with van der Waals surface area (Å²) in [5.41, 5.74) is 0.882. The average molecular weight is 355 g/mol. The fourth-order valence-electron chi connectivity index (χ4n) is 2.33. The Morgan fingerprint density at radius 2 is 2.04 bits per heavy atom. The minimum atomic E-state index is -3.42. The van der Waals surface area contributed by atoms with Crippen molar-refractivity contribution in [2.45, 2.75) is 57.0 Å². The van der Waals surface area contributed by atoms with Crippen LogP contribution in [0.5, 0.6) is 0 Å². The summed E-state index contributed by atoms with van der Waals surface area (Å²) in [6.45, 7) is 4.85. The van der Waals surface area contributed by atoms with Gasteiger partial charge in [-0.2, -0.15) is 0 Å². The van der Waals surface area contributed by atoms with Gasteiger partial charge in [0.25, 0.3) is 0 Å². The average Bonchev–Trinajstić information content (AvgIpc) is 2.59. The Hall–Kier alpha value is -1.60. The Morgan fingerprint density at radius 3 is 2.67 bits per heavy atom. The van der Waals surface area contributed by atoms with Gasteiger partial charge in [-0.25, -0.2) is 13.1 Å². The molecule has 0 aliphatic rings. The summed E-state index contributed by atoms with van der Waals surface area (Å²) in [5.74, 6) is 0.723. The number of sulfonamides is 1. The normalized spacial score (nSPS) is 13.6. The van der Waals surface area contributed by atoms with Crippen molar-refractivity contribution in [2.24, 2.45) is 4.99 Å². The zero-order valence-corrected chi connectivity index (χ0v) is 15.9. The molecule has 1 aromatic rings. The van der Waals surface area contributed by atoms with Crippen LogP contribution in [0.15, 0.2) is 34.2 Å². The van der Waals surface area contributed by atoms with Gasteiger partial charge in [-0.3, -0.25) is 4.99 Å². The summed E-state index contributed by atoms with van der Waals surface area (Å²) in [6.07, 6.45) is 4.76. The summed E-state index contributed by atoms with van der Waals surface area (Å²) < 4.78 is 26.0. The fraction of sp³-hybridized carbons (Fsp3) is 0.588. The summed E-state index contributed by atoms with van der Waals surface area (Å²) in [4.78, 5) is 4.49. The second kappa shape index (κ2) is 10.3. The van der Waals surface area contributed by atoms with E-state index in [1.807, 2.05) is 6.07 Å². The maximum atomic E-state index is 11.9. The van der Waals surface area contributed by atoms with Crippen LogP contribution in [0, 0.1) is 0 Å². The molecule has 1 unspecified atom stereocenters. The van der Waals surface area contributed by atoms with E-state index in [9.17, 15) is 8.42 Å². The van der Waals surface area contributed by atoms with Crippen molar-refractivity contribution >= 4 is 16.0 Å². The Morgan fingerprint density at radius 1 is 1.29 bits per heavy atom. The van der Waals surface area contributed by atoms with Gasteiger partial charge in [0.1, 0.15) is 0 Å². The topological polar surface area (TPSA) is 82.6 Å². The molecule has 136 valence electrons. The molecule has 1 rings (SSSR count). The molecular weight excluding hydrogens is 324 g/mol. The van der Waals surface area contributed by atoms with Gasteiger partial charge < -0.3 is 10.6 Å². The molecule has 7 heteroatoms. The van der Waals surface area contributed by atoms with Crippen LogP contribution in [0.25, 0.3) is 0 Å². The molecule has 1 aromatic carbocycles. The van der Waals surface area contributed by atoms with E-state index in [2.05, 4.69) is 34.2 Å². The number of nitrogens with zero attached hydrogens (tertiary/aromatic N) is 1. The van der Waals surface area contributed by atoms with Crippen molar-refractivity contribution in [3.05, 3.63) is 29.8 Å². The van der Waals surface area contributed by atoms with E-state index in [0.29, 0.717) is 12.6 Å². The van der Waals surface area contributed by atoms with E-state index in [1.54, 1.807) is 25.2 Å². The smallest absolute Gasteiger partial charge is 0.240 e. The molecule has 1 atom stereocenters. The van der Waals surface area contributed by atoms with Crippen LogP contribution in [0.3, 0.4) is 0 Å². The van der Waals surface area contributed by atoms with Crippen molar-refractivity contribution in [3.8, 4) is 0 Å². The molecule has 0 heterocycles. The maximum Gasteiger partial charge on any atom is 0.240 e. The molecule has 0 fully saturated rings. The maximum absolute atomic E-state index is 11.9. The van der Waals surface area contributed by atoms with Crippen LogP contribution in [0.1, 0.15) is 45.1 Å². The summed E-state index contributed by atoms with van der Waals surface area (Å²) in [6, 6.07) is 7.22. The van der Waals surface area contributed by atoms with Crippen molar-refractivity contribution in [1.82, 2.24) is 15.4 Å². The minimum absolute atomic E-state index is 0.264. The van der Waals surface area contributed by atoms with Crippen LogP contribution in [0.2, 0.25) is 0 Å². The number of hydrogen-bond acceptors (Lipinski definition) is 3. The predicted molar refractivity (Wildman–Crippen MR) is 99.6 cm³/mol. The quantitative estimate of drug-likeness (QED) is 0.361. The number of rotatable bonds is 9. The van der Waals surface area contributed by atoms with Gasteiger partial charge in [0.15, 0.2) is 5.96 Å². The first-order valence-electron chi connectivity index (χ1n) is 8.42. The molecule has 0 aliphatic carbocycles. The Labute approximate surface area is 146 Å². The van der Waals surface area contributed by atoms with Crippen molar-refractivity contribution in [3.63, 3.8) is 0 Å². The second-order valence-corrected chi connectivity index (χ2v) is 7.71. The SMILES string of the molecule is CCCCCC(C)NC(=NC)NCc1cccc(S(=O)(=O)NC)c1. The molecular formula is C17H30N4O2S. The van der Waals surface area contributed by atoms with Gasteiger partial charge in [-0.05, 0) is 38.1 Å². The largest absolute Gasteiger partial charge is 0.354 e. The summed E-state index contributed by atoms with van der Waals surface area (Å²) in [7, 11) is -0.280. The van der Waals surface area contributed by atoms with Gasteiger partial charge in [0.2, 0.25) is 10.0 Å². The number of nitrogens with one attached hydrogen (secondary N) is 3. The molecule has 0 spiro atoms. The fourth-order valence-corrected chi connectivity index (χ4v) is 3.13. The van der Waals surface area contributed by atoms with E-state index in [1.165, 1.54) is 26.3 Å². The molecule has 0 saturated carbocycles. The van der Waals surface area contributed by atoms with Crippen molar-refractivity contribution in [1.29, 1.82) is 0 Å². The number of benzene rings is 1. The second-order valence-electron chi connectivity index (χ2n) is 5.82. The lowest BCUT2D eigenvalue weighted by Gasteiger charge is -2.18. The molecule has 0 saturated heterocycles.